The van der Waals surface area contributed by atoms with Gasteiger partial charge in [0.05, 0.1) is 24.3 Å². The Morgan fingerprint density at radius 1 is 1.37 bits per heavy atom. The van der Waals surface area contributed by atoms with Crippen molar-refractivity contribution in [2.75, 3.05) is 31.2 Å². The number of rotatable bonds is 2. The van der Waals surface area contributed by atoms with E-state index in [1.807, 2.05) is 0 Å². The number of aromatic nitrogens is 1. The lowest BCUT2D eigenvalue weighted by Gasteiger charge is -2.28. The Bertz CT molecular complexity index is 485. The van der Waals surface area contributed by atoms with Crippen LogP contribution in [0.5, 0.6) is 0 Å². The third kappa shape index (κ3) is 2.95. The first kappa shape index (κ1) is 13.6. The number of carbonyl (C=O) groups is 1. The standard InChI is InChI=1S/C11H11F3N2O3/c12-11(13,14)8-5-9(15-6-7(8)10(17)18)16-1-3-19-4-2-16/h5-6H,1-4H2,(H,17,18). The molecule has 19 heavy (non-hydrogen) atoms. The van der Waals surface area contributed by atoms with Gasteiger partial charge in [-0.1, -0.05) is 0 Å². The van der Waals surface area contributed by atoms with Crippen LogP contribution in [0.4, 0.5) is 19.0 Å². The number of anilines is 1. The van der Waals surface area contributed by atoms with E-state index in [2.05, 4.69) is 4.98 Å². The van der Waals surface area contributed by atoms with Crippen LogP contribution in [0.1, 0.15) is 15.9 Å². The summed E-state index contributed by atoms with van der Waals surface area (Å²) in [5.41, 5.74) is -2.03. The van der Waals surface area contributed by atoms with Crippen LogP contribution in [0.2, 0.25) is 0 Å². The lowest BCUT2D eigenvalue weighted by molar-refractivity contribution is -0.138. The van der Waals surface area contributed by atoms with Crippen molar-refractivity contribution in [1.82, 2.24) is 4.98 Å². The van der Waals surface area contributed by atoms with E-state index >= 15 is 0 Å². The molecule has 1 aliphatic rings. The lowest BCUT2D eigenvalue weighted by atomic mass is 10.1. The second kappa shape index (κ2) is 5.04. The largest absolute Gasteiger partial charge is 0.478 e. The number of halogens is 3. The molecular weight excluding hydrogens is 265 g/mol. The van der Waals surface area contributed by atoms with Crippen LogP contribution >= 0.6 is 0 Å². The van der Waals surface area contributed by atoms with Crippen LogP contribution in [0.15, 0.2) is 12.3 Å². The third-order valence-corrected chi connectivity index (χ3v) is 2.76. The molecule has 5 nitrogen and oxygen atoms in total. The Morgan fingerprint density at radius 3 is 2.53 bits per heavy atom. The van der Waals surface area contributed by atoms with E-state index in [1.54, 1.807) is 4.90 Å². The van der Waals surface area contributed by atoms with E-state index in [4.69, 9.17) is 9.84 Å². The molecule has 2 rings (SSSR count). The Labute approximate surface area is 106 Å². The topological polar surface area (TPSA) is 62.7 Å². The van der Waals surface area contributed by atoms with E-state index in [1.165, 1.54) is 0 Å². The van der Waals surface area contributed by atoms with Gasteiger partial charge < -0.3 is 14.7 Å². The van der Waals surface area contributed by atoms with Gasteiger partial charge in [-0.3, -0.25) is 0 Å². The van der Waals surface area contributed by atoms with Crippen molar-refractivity contribution in [3.05, 3.63) is 23.4 Å². The van der Waals surface area contributed by atoms with Crippen molar-refractivity contribution in [3.8, 4) is 0 Å². The van der Waals surface area contributed by atoms with Crippen molar-refractivity contribution >= 4 is 11.8 Å². The van der Waals surface area contributed by atoms with Crippen LogP contribution in [0.3, 0.4) is 0 Å². The zero-order valence-electron chi connectivity index (χ0n) is 9.78. The van der Waals surface area contributed by atoms with Gasteiger partial charge in [-0.05, 0) is 6.07 Å². The molecule has 0 spiro atoms. The zero-order valence-corrected chi connectivity index (χ0v) is 9.78. The monoisotopic (exact) mass is 276 g/mol. The fraction of sp³-hybridized carbons (Fsp3) is 0.455. The number of carboxylic acids is 1. The fourth-order valence-electron chi connectivity index (χ4n) is 1.81. The lowest BCUT2D eigenvalue weighted by Crippen LogP contribution is -2.37. The van der Waals surface area contributed by atoms with Crippen molar-refractivity contribution < 1.29 is 27.8 Å². The number of carboxylic acid groups (broad SMARTS) is 1. The quantitative estimate of drug-likeness (QED) is 0.889. The van der Waals surface area contributed by atoms with Crippen LogP contribution in [0, 0.1) is 0 Å². The number of nitrogens with zero attached hydrogens (tertiary/aromatic N) is 2. The summed E-state index contributed by atoms with van der Waals surface area (Å²) in [6.45, 7) is 1.67. The molecule has 0 amide bonds. The van der Waals surface area contributed by atoms with Gasteiger partial charge in [0, 0.05) is 19.3 Å². The van der Waals surface area contributed by atoms with Crippen LogP contribution < -0.4 is 4.90 Å². The van der Waals surface area contributed by atoms with Gasteiger partial charge in [0.2, 0.25) is 0 Å². The molecule has 1 aliphatic heterocycles. The number of alkyl halides is 3. The second-order valence-electron chi connectivity index (χ2n) is 3.99. The number of pyridine rings is 1. The smallest absolute Gasteiger partial charge is 0.417 e. The maximum Gasteiger partial charge on any atom is 0.417 e. The van der Waals surface area contributed by atoms with Crippen LogP contribution in [0.25, 0.3) is 0 Å². The molecule has 1 fully saturated rings. The maximum absolute atomic E-state index is 12.8. The normalized spacial score (nSPS) is 16.5. The summed E-state index contributed by atoms with van der Waals surface area (Å²) in [5.74, 6) is -1.53. The number of morpholine rings is 1. The summed E-state index contributed by atoms with van der Waals surface area (Å²) in [5, 5.41) is 8.76. The average molecular weight is 276 g/mol. The molecule has 1 aromatic heterocycles. The number of aromatic carboxylic acids is 1. The molecule has 1 N–H and O–H groups in total. The molecular formula is C11H11F3N2O3. The third-order valence-electron chi connectivity index (χ3n) is 2.76. The molecule has 0 bridgehead atoms. The average Bonchev–Trinajstić information content (AvgIpc) is 2.38. The Hall–Kier alpha value is -1.83. The first-order chi connectivity index (χ1) is 8.89. The van der Waals surface area contributed by atoms with Gasteiger partial charge in [0.1, 0.15) is 5.82 Å². The highest BCUT2D eigenvalue weighted by Crippen LogP contribution is 2.33. The summed E-state index contributed by atoms with van der Waals surface area (Å²) in [6, 6.07) is 0.773. The molecule has 1 saturated heterocycles. The SMILES string of the molecule is O=C(O)c1cnc(N2CCOCC2)cc1C(F)(F)F. The molecule has 0 unspecified atom stereocenters. The Balaban J connectivity index is 2.40. The van der Waals surface area contributed by atoms with Crippen molar-refractivity contribution in [1.29, 1.82) is 0 Å². The van der Waals surface area contributed by atoms with E-state index in [-0.39, 0.29) is 5.82 Å². The minimum absolute atomic E-state index is 0.112. The summed E-state index contributed by atoms with van der Waals surface area (Å²) in [6.07, 6.45) is -3.98. The molecule has 2 heterocycles. The minimum atomic E-state index is -4.72. The predicted molar refractivity (Wildman–Crippen MR) is 59.2 cm³/mol. The molecule has 0 radical (unpaired) electrons. The van der Waals surface area contributed by atoms with Crippen LogP contribution in [-0.4, -0.2) is 42.4 Å². The van der Waals surface area contributed by atoms with Crippen molar-refractivity contribution in [2.45, 2.75) is 6.18 Å². The van der Waals surface area contributed by atoms with Gasteiger partial charge in [-0.2, -0.15) is 13.2 Å². The first-order valence-electron chi connectivity index (χ1n) is 5.53. The summed E-state index contributed by atoms with van der Waals surface area (Å²) >= 11 is 0. The van der Waals surface area contributed by atoms with Gasteiger partial charge >= 0.3 is 12.1 Å². The van der Waals surface area contributed by atoms with E-state index in [9.17, 15) is 18.0 Å². The second-order valence-corrected chi connectivity index (χ2v) is 3.99. The van der Waals surface area contributed by atoms with Gasteiger partial charge in [0.15, 0.2) is 0 Å². The highest BCUT2D eigenvalue weighted by molar-refractivity contribution is 5.89. The summed E-state index contributed by atoms with van der Waals surface area (Å²) in [7, 11) is 0. The number of hydrogen-bond donors (Lipinski definition) is 1. The molecule has 0 aromatic carbocycles. The highest BCUT2D eigenvalue weighted by atomic mass is 19.4. The maximum atomic E-state index is 12.8. The molecule has 0 atom stereocenters. The van der Waals surface area contributed by atoms with Gasteiger partial charge in [-0.15, -0.1) is 0 Å². The van der Waals surface area contributed by atoms with E-state index in [0.29, 0.717) is 26.3 Å². The molecule has 8 heteroatoms. The van der Waals surface area contributed by atoms with Crippen molar-refractivity contribution in [3.63, 3.8) is 0 Å². The zero-order chi connectivity index (χ0) is 14.0. The van der Waals surface area contributed by atoms with E-state index < -0.39 is 23.3 Å². The van der Waals surface area contributed by atoms with Crippen LogP contribution in [-0.2, 0) is 10.9 Å². The van der Waals surface area contributed by atoms with Gasteiger partial charge in [0.25, 0.3) is 0 Å². The number of ether oxygens (including phenoxy) is 1. The fourth-order valence-corrected chi connectivity index (χ4v) is 1.81. The first-order valence-corrected chi connectivity index (χ1v) is 5.53. The summed E-state index contributed by atoms with van der Waals surface area (Å²) in [4.78, 5) is 16.2. The Kier molecular flexibility index (Phi) is 3.61. The predicted octanol–water partition coefficient (Wildman–Crippen LogP) is 1.64. The Morgan fingerprint density at radius 2 is 2.00 bits per heavy atom. The number of hydrogen-bond acceptors (Lipinski definition) is 4. The van der Waals surface area contributed by atoms with Crippen molar-refractivity contribution in [2.24, 2.45) is 0 Å². The highest BCUT2D eigenvalue weighted by Gasteiger charge is 2.36. The molecule has 0 saturated carbocycles. The molecule has 0 aliphatic carbocycles. The minimum Gasteiger partial charge on any atom is -0.478 e. The molecule has 104 valence electrons. The van der Waals surface area contributed by atoms with E-state index in [0.717, 1.165) is 12.3 Å². The summed E-state index contributed by atoms with van der Waals surface area (Å²) < 4.78 is 43.6. The molecule has 1 aromatic rings. The van der Waals surface area contributed by atoms with Gasteiger partial charge in [-0.25, -0.2) is 9.78 Å².